The van der Waals surface area contributed by atoms with Gasteiger partial charge in [-0.1, -0.05) is 35.9 Å². The third-order valence-electron chi connectivity index (χ3n) is 3.40. The van der Waals surface area contributed by atoms with Crippen LogP contribution in [0.1, 0.15) is 22.3 Å². The second-order valence-electron chi connectivity index (χ2n) is 5.11. The molecule has 0 atom stereocenters. The number of nitrogens with one attached hydrogen (secondary N) is 1. The summed E-state index contributed by atoms with van der Waals surface area (Å²) >= 11 is 0. The fraction of sp³-hybridized carbons (Fsp3) is 0.250. The van der Waals surface area contributed by atoms with Crippen molar-refractivity contribution in [3.63, 3.8) is 0 Å². The Hall–Kier alpha value is -1.69. The van der Waals surface area contributed by atoms with Gasteiger partial charge in [0.15, 0.2) is 0 Å². The van der Waals surface area contributed by atoms with Gasteiger partial charge in [0.05, 0.1) is 4.90 Å². The maximum atomic E-state index is 12.3. The fourth-order valence-electron chi connectivity index (χ4n) is 2.12. The van der Waals surface area contributed by atoms with Crippen LogP contribution in [0.15, 0.2) is 47.4 Å². The van der Waals surface area contributed by atoms with E-state index in [4.69, 9.17) is 5.73 Å². The summed E-state index contributed by atoms with van der Waals surface area (Å²) < 4.78 is 27.3. The molecule has 0 bridgehead atoms. The van der Waals surface area contributed by atoms with E-state index in [2.05, 4.69) is 4.72 Å². The maximum Gasteiger partial charge on any atom is 0.240 e. The number of hydrogen-bond donors (Lipinski definition) is 2. The van der Waals surface area contributed by atoms with Gasteiger partial charge < -0.3 is 5.73 Å². The van der Waals surface area contributed by atoms with Crippen LogP contribution < -0.4 is 10.5 Å². The molecule has 0 aliphatic heterocycles. The van der Waals surface area contributed by atoms with Crippen LogP contribution in [0.2, 0.25) is 0 Å². The predicted octanol–water partition coefficient (Wildman–Crippen LogP) is 2.24. The van der Waals surface area contributed by atoms with Crippen molar-refractivity contribution in [3.05, 3.63) is 64.7 Å². The van der Waals surface area contributed by atoms with E-state index >= 15 is 0 Å². The average molecular weight is 304 g/mol. The molecule has 112 valence electrons. The Morgan fingerprint density at radius 3 is 2.52 bits per heavy atom. The minimum absolute atomic E-state index is 0.251. The molecule has 0 spiro atoms. The van der Waals surface area contributed by atoms with Gasteiger partial charge in [0.2, 0.25) is 10.0 Å². The second kappa shape index (κ2) is 6.39. The van der Waals surface area contributed by atoms with Crippen LogP contribution in [0.25, 0.3) is 0 Å². The highest BCUT2D eigenvalue weighted by molar-refractivity contribution is 7.89. The molecule has 4 nitrogen and oxygen atoms in total. The van der Waals surface area contributed by atoms with E-state index in [-0.39, 0.29) is 11.4 Å². The minimum Gasteiger partial charge on any atom is -0.326 e. The predicted molar refractivity (Wildman–Crippen MR) is 84.3 cm³/mol. The molecule has 0 amide bonds. The highest BCUT2D eigenvalue weighted by Crippen LogP contribution is 2.15. The molecule has 0 radical (unpaired) electrons. The number of benzene rings is 2. The van der Waals surface area contributed by atoms with Gasteiger partial charge in [-0.2, -0.15) is 0 Å². The normalized spacial score (nSPS) is 11.6. The molecule has 21 heavy (non-hydrogen) atoms. The van der Waals surface area contributed by atoms with Crippen molar-refractivity contribution in [2.24, 2.45) is 5.73 Å². The first-order valence-corrected chi connectivity index (χ1v) is 8.25. The van der Waals surface area contributed by atoms with Gasteiger partial charge in [-0.05, 0) is 42.7 Å². The maximum absolute atomic E-state index is 12.3. The van der Waals surface area contributed by atoms with Crippen LogP contribution in [0.3, 0.4) is 0 Å². The summed E-state index contributed by atoms with van der Waals surface area (Å²) in [6.45, 7) is 4.49. The number of aryl methyl sites for hydroxylation is 2. The van der Waals surface area contributed by atoms with Gasteiger partial charge in [0, 0.05) is 13.1 Å². The Labute approximate surface area is 126 Å². The third-order valence-corrected chi connectivity index (χ3v) is 4.80. The zero-order valence-corrected chi connectivity index (χ0v) is 13.1. The summed E-state index contributed by atoms with van der Waals surface area (Å²) in [6, 6.07) is 12.8. The molecule has 0 fully saturated rings. The standard InChI is InChI=1S/C16H20N2O2S/c1-12-4-3-5-14(8-12)11-18-21(19,20)16-7-6-13(2)15(9-16)10-17/h3-9,18H,10-11,17H2,1-2H3. The molecule has 0 aliphatic carbocycles. The van der Waals surface area contributed by atoms with Crippen LogP contribution >= 0.6 is 0 Å². The lowest BCUT2D eigenvalue weighted by molar-refractivity contribution is 0.581. The van der Waals surface area contributed by atoms with Crippen molar-refractivity contribution >= 4 is 10.0 Å². The molecular formula is C16H20N2O2S. The summed E-state index contributed by atoms with van der Waals surface area (Å²) in [6.07, 6.45) is 0. The van der Waals surface area contributed by atoms with Crippen molar-refractivity contribution in [1.29, 1.82) is 0 Å². The molecule has 0 saturated carbocycles. The van der Waals surface area contributed by atoms with E-state index in [1.807, 2.05) is 38.1 Å². The van der Waals surface area contributed by atoms with Gasteiger partial charge >= 0.3 is 0 Å². The number of nitrogens with two attached hydrogens (primary N) is 1. The average Bonchev–Trinajstić information content (AvgIpc) is 2.46. The molecule has 0 aromatic heterocycles. The molecule has 0 unspecified atom stereocenters. The molecule has 2 rings (SSSR count). The SMILES string of the molecule is Cc1cccc(CNS(=O)(=O)c2ccc(C)c(CN)c2)c1. The molecule has 0 heterocycles. The highest BCUT2D eigenvalue weighted by atomic mass is 32.2. The van der Waals surface area contributed by atoms with E-state index in [1.165, 1.54) is 0 Å². The van der Waals surface area contributed by atoms with E-state index < -0.39 is 10.0 Å². The zero-order chi connectivity index (χ0) is 15.5. The van der Waals surface area contributed by atoms with Gasteiger partial charge in [-0.15, -0.1) is 0 Å². The summed E-state index contributed by atoms with van der Waals surface area (Å²) in [7, 11) is -3.53. The quantitative estimate of drug-likeness (QED) is 0.890. The van der Waals surface area contributed by atoms with Gasteiger partial charge in [0.1, 0.15) is 0 Å². The number of rotatable bonds is 5. The van der Waals surface area contributed by atoms with Crippen LogP contribution in [-0.4, -0.2) is 8.42 Å². The van der Waals surface area contributed by atoms with Crippen LogP contribution in [0.5, 0.6) is 0 Å². The first-order chi connectivity index (χ1) is 9.92. The van der Waals surface area contributed by atoms with Crippen molar-refractivity contribution < 1.29 is 8.42 Å². The molecule has 3 N–H and O–H groups in total. The largest absolute Gasteiger partial charge is 0.326 e. The van der Waals surface area contributed by atoms with Crippen LogP contribution in [-0.2, 0) is 23.1 Å². The number of sulfonamides is 1. The molecule has 0 saturated heterocycles. The van der Waals surface area contributed by atoms with E-state index in [1.54, 1.807) is 18.2 Å². The lowest BCUT2D eigenvalue weighted by Gasteiger charge is -2.10. The molecule has 2 aromatic rings. The summed E-state index contributed by atoms with van der Waals surface area (Å²) in [4.78, 5) is 0.251. The van der Waals surface area contributed by atoms with Crippen LogP contribution in [0, 0.1) is 13.8 Å². The van der Waals surface area contributed by atoms with Gasteiger partial charge in [0.25, 0.3) is 0 Å². The summed E-state index contributed by atoms with van der Waals surface area (Å²) in [5.41, 5.74) is 9.50. The Kier molecular flexibility index (Phi) is 4.77. The van der Waals surface area contributed by atoms with Gasteiger partial charge in [-0.3, -0.25) is 0 Å². The van der Waals surface area contributed by atoms with E-state index in [0.717, 1.165) is 22.3 Å². The molecule has 0 aliphatic rings. The van der Waals surface area contributed by atoms with E-state index in [0.29, 0.717) is 6.54 Å². The Balaban J connectivity index is 2.18. The van der Waals surface area contributed by atoms with E-state index in [9.17, 15) is 8.42 Å². The van der Waals surface area contributed by atoms with Gasteiger partial charge in [-0.25, -0.2) is 13.1 Å². The molecular weight excluding hydrogens is 284 g/mol. The van der Waals surface area contributed by atoms with Crippen molar-refractivity contribution in [2.75, 3.05) is 0 Å². The Bertz CT molecular complexity index is 740. The van der Waals surface area contributed by atoms with Crippen molar-refractivity contribution in [2.45, 2.75) is 31.8 Å². The Morgan fingerprint density at radius 2 is 1.86 bits per heavy atom. The second-order valence-corrected chi connectivity index (χ2v) is 6.87. The number of hydrogen-bond acceptors (Lipinski definition) is 3. The first kappa shape index (κ1) is 15.7. The molecule has 5 heteroatoms. The van der Waals surface area contributed by atoms with Crippen LogP contribution in [0.4, 0.5) is 0 Å². The zero-order valence-electron chi connectivity index (χ0n) is 12.3. The smallest absolute Gasteiger partial charge is 0.240 e. The van der Waals surface area contributed by atoms with Crippen molar-refractivity contribution in [1.82, 2.24) is 4.72 Å². The summed E-state index contributed by atoms with van der Waals surface area (Å²) in [5.74, 6) is 0. The third kappa shape index (κ3) is 3.91. The lowest BCUT2D eigenvalue weighted by atomic mass is 10.1. The topological polar surface area (TPSA) is 72.2 Å². The minimum atomic E-state index is -3.53. The summed E-state index contributed by atoms with van der Waals surface area (Å²) in [5, 5.41) is 0. The monoisotopic (exact) mass is 304 g/mol. The lowest BCUT2D eigenvalue weighted by Crippen LogP contribution is -2.23. The highest BCUT2D eigenvalue weighted by Gasteiger charge is 2.14. The van der Waals surface area contributed by atoms with Crippen molar-refractivity contribution in [3.8, 4) is 0 Å². The fourth-order valence-corrected chi connectivity index (χ4v) is 3.19. The first-order valence-electron chi connectivity index (χ1n) is 6.77. The Morgan fingerprint density at radius 1 is 1.10 bits per heavy atom. The molecule has 2 aromatic carbocycles.